The third-order valence-corrected chi connectivity index (χ3v) is 8.23. The number of fused-ring (bicyclic) bond motifs is 1. The molecule has 5 aromatic rings. The number of sulfonamides is 1. The fourth-order valence-electron chi connectivity index (χ4n) is 5.39. The number of aromatic nitrogens is 1. The third kappa shape index (κ3) is 8.67. The number of pyridine rings is 1. The van der Waals surface area contributed by atoms with Crippen LogP contribution in [0.1, 0.15) is 48.7 Å². The van der Waals surface area contributed by atoms with Crippen LogP contribution in [0, 0.1) is 12.3 Å². The Balaban J connectivity index is 1.40. The second kappa shape index (κ2) is 14.3. The first kappa shape index (κ1) is 34.8. The van der Waals surface area contributed by atoms with Gasteiger partial charge in [0.15, 0.2) is 5.75 Å². The Morgan fingerprint density at radius 2 is 1.61 bits per heavy atom. The molecule has 0 unspecified atom stereocenters. The number of carbonyl (C=O) groups excluding carboxylic acids is 1. The molecule has 0 spiro atoms. The lowest BCUT2D eigenvalue weighted by molar-refractivity contribution is 0.262. The van der Waals surface area contributed by atoms with E-state index < -0.39 is 16.1 Å². The first-order valence-electron chi connectivity index (χ1n) is 15.4. The highest BCUT2D eigenvalue weighted by atomic mass is 32.2. The van der Waals surface area contributed by atoms with Gasteiger partial charge in [-0.15, -0.1) is 6.42 Å². The molecule has 0 radical (unpaired) electrons. The summed E-state index contributed by atoms with van der Waals surface area (Å²) in [5, 5.41) is 16.9. The van der Waals surface area contributed by atoms with E-state index in [-0.39, 0.29) is 23.5 Å². The van der Waals surface area contributed by atoms with E-state index in [0.717, 1.165) is 39.4 Å². The predicted octanol–water partition coefficient (Wildman–Crippen LogP) is 7.41. The van der Waals surface area contributed by atoms with Crippen molar-refractivity contribution < 1.29 is 27.8 Å². The maximum atomic E-state index is 13.4. The van der Waals surface area contributed by atoms with Gasteiger partial charge in [-0.2, -0.15) is 0 Å². The van der Waals surface area contributed by atoms with Gasteiger partial charge >= 0.3 is 6.03 Å². The number of terminal acetylenes is 1. The van der Waals surface area contributed by atoms with Crippen molar-refractivity contribution in [2.24, 2.45) is 0 Å². The number of nitrogens with zero attached hydrogens (tertiary/aromatic N) is 1. The molecule has 5 rings (SSSR count). The fourth-order valence-corrected chi connectivity index (χ4v) is 5.94. The molecule has 0 aliphatic carbocycles. The van der Waals surface area contributed by atoms with E-state index in [1.165, 1.54) is 7.11 Å². The minimum absolute atomic E-state index is 0.110. The quantitative estimate of drug-likeness (QED) is 0.113. The normalized spacial score (nSPS) is 11.4. The minimum Gasteiger partial charge on any atom is -0.492 e. The Labute approximate surface area is 286 Å². The van der Waals surface area contributed by atoms with Crippen LogP contribution in [0.3, 0.4) is 0 Å². The van der Waals surface area contributed by atoms with Crippen molar-refractivity contribution in [3.05, 3.63) is 113 Å². The summed E-state index contributed by atoms with van der Waals surface area (Å²) in [7, 11) is -2.22. The maximum absolute atomic E-state index is 13.4. The third-order valence-electron chi connectivity index (χ3n) is 7.64. The molecule has 4 N–H and O–H groups in total. The van der Waals surface area contributed by atoms with Crippen LogP contribution in [-0.4, -0.2) is 37.9 Å². The highest BCUT2D eigenvalue weighted by molar-refractivity contribution is 7.92. The fraction of sp³-hybridized carbons (Fsp3) is 0.211. The lowest BCUT2D eigenvalue weighted by Crippen LogP contribution is -2.22. The summed E-state index contributed by atoms with van der Waals surface area (Å²) in [6.45, 7) is 5.84. The standard InChI is InChI=1S/C38H38N4O6S/c1-7-24-16-25(18-26(17-24)23-43)19-28-22-29(14-15-39-28)48-35-13-12-32(30-10-8-9-11-31(30)35)40-37(44)41-33-20-27(38(2,3)4)21-34(36(33)47-5)42-49(6,45)46/h1,8-18,20-22,42-43H,19,23H2,2-6H3,(H2,40,41,44). The maximum Gasteiger partial charge on any atom is 0.323 e. The van der Waals surface area contributed by atoms with Gasteiger partial charge < -0.3 is 25.2 Å². The van der Waals surface area contributed by atoms with E-state index in [4.69, 9.17) is 15.9 Å². The van der Waals surface area contributed by atoms with Gasteiger partial charge in [0.2, 0.25) is 10.0 Å². The first-order valence-corrected chi connectivity index (χ1v) is 17.3. The topological polar surface area (TPSA) is 139 Å². The summed E-state index contributed by atoms with van der Waals surface area (Å²) in [4.78, 5) is 17.9. The summed E-state index contributed by atoms with van der Waals surface area (Å²) >= 11 is 0. The summed E-state index contributed by atoms with van der Waals surface area (Å²) in [6, 6.07) is 23.1. The molecule has 0 saturated heterocycles. The molecule has 49 heavy (non-hydrogen) atoms. The molecular formula is C38H38N4O6S. The Morgan fingerprint density at radius 3 is 2.29 bits per heavy atom. The van der Waals surface area contributed by atoms with E-state index in [2.05, 4.69) is 26.3 Å². The van der Waals surface area contributed by atoms with Gasteiger partial charge in [0.25, 0.3) is 0 Å². The highest BCUT2D eigenvalue weighted by Gasteiger charge is 2.22. The Bertz CT molecular complexity index is 2190. The number of methoxy groups -OCH3 is 1. The Morgan fingerprint density at radius 1 is 0.918 bits per heavy atom. The molecular weight excluding hydrogens is 641 g/mol. The Hall–Kier alpha value is -5.57. The second-order valence-corrected chi connectivity index (χ2v) is 14.3. The number of benzene rings is 4. The summed E-state index contributed by atoms with van der Waals surface area (Å²) in [5.74, 6) is 3.95. The molecule has 11 heteroatoms. The van der Waals surface area contributed by atoms with Crippen LogP contribution in [0.4, 0.5) is 21.9 Å². The van der Waals surface area contributed by atoms with Crippen molar-refractivity contribution in [3.63, 3.8) is 0 Å². The van der Waals surface area contributed by atoms with E-state index >= 15 is 0 Å². The summed E-state index contributed by atoms with van der Waals surface area (Å²) in [6.07, 6.45) is 8.82. The molecule has 0 fully saturated rings. The number of aliphatic hydroxyl groups is 1. The number of aliphatic hydroxyl groups excluding tert-OH is 1. The number of anilines is 3. The van der Waals surface area contributed by atoms with Gasteiger partial charge in [0.05, 0.1) is 37.0 Å². The molecule has 1 heterocycles. The SMILES string of the molecule is C#Cc1cc(CO)cc(Cc2cc(Oc3ccc(NC(=O)Nc4cc(C(C)(C)C)cc(NS(C)(=O)=O)c4OC)c4ccccc34)ccn2)c1. The van der Waals surface area contributed by atoms with E-state index in [0.29, 0.717) is 34.9 Å². The molecule has 4 aromatic carbocycles. The number of ether oxygens (including phenoxy) is 2. The van der Waals surface area contributed by atoms with Gasteiger partial charge in [-0.25, -0.2) is 13.2 Å². The average Bonchev–Trinajstić information content (AvgIpc) is 3.04. The second-order valence-electron chi connectivity index (χ2n) is 12.6. The molecule has 0 aliphatic rings. The van der Waals surface area contributed by atoms with Crippen LogP contribution in [0.2, 0.25) is 0 Å². The smallest absolute Gasteiger partial charge is 0.323 e. The van der Waals surface area contributed by atoms with Crippen LogP contribution >= 0.6 is 0 Å². The van der Waals surface area contributed by atoms with Crippen molar-refractivity contribution >= 4 is 43.9 Å². The molecule has 10 nitrogen and oxygen atoms in total. The zero-order chi connectivity index (χ0) is 35.3. The molecule has 2 amide bonds. The number of amides is 2. The van der Waals surface area contributed by atoms with E-state index in [9.17, 15) is 18.3 Å². The number of urea groups is 1. The van der Waals surface area contributed by atoms with E-state index in [1.54, 1.807) is 42.6 Å². The summed E-state index contributed by atoms with van der Waals surface area (Å²) < 4.78 is 38.6. The van der Waals surface area contributed by atoms with Crippen molar-refractivity contribution in [1.29, 1.82) is 0 Å². The average molecular weight is 679 g/mol. The lowest BCUT2D eigenvalue weighted by atomic mass is 9.86. The molecule has 1 aromatic heterocycles. The van der Waals surface area contributed by atoms with Gasteiger partial charge in [0.1, 0.15) is 11.5 Å². The van der Waals surface area contributed by atoms with Gasteiger partial charge in [-0.05, 0) is 64.6 Å². The number of hydrogen-bond donors (Lipinski definition) is 4. The van der Waals surface area contributed by atoms with Crippen LogP contribution in [0.5, 0.6) is 17.2 Å². The lowest BCUT2D eigenvalue weighted by Gasteiger charge is -2.24. The van der Waals surface area contributed by atoms with Gasteiger partial charge in [-0.1, -0.05) is 57.0 Å². The number of carbonyl (C=O) groups is 1. The molecule has 252 valence electrons. The van der Waals surface area contributed by atoms with Crippen molar-refractivity contribution in [1.82, 2.24) is 4.98 Å². The molecule has 0 aliphatic heterocycles. The zero-order valence-corrected chi connectivity index (χ0v) is 28.7. The first-order chi connectivity index (χ1) is 23.3. The Kier molecular flexibility index (Phi) is 10.1. The minimum atomic E-state index is -3.63. The molecule has 0 atom stereocenters. The largest absolute Gasteiger partial charge is 0.492 e. The molecule has 0 bridgehead atoms. The van der Waals surface area contributed by atoms with E-state index in [1.807, 2.05) is 63.2 Å². The van der Waals surface area contributed by atoms with Crippen LogP contribution in [-0.2, 0) is 28.5 Å². The monoisotopic (exact) mass is 678 g/mol. The molecule has 0 saturated carbocycles. The summed E-state index contributed by atoms with van der Waals surface area (Å²) in [5.41, 5.74) is 4.59. The van der Waals surface area contributed by atoms with Crippen LogP contribution < -0.4 is 24.8 Å². The van der Waals surface area contributed by atoms with Crippen LogP contribution in [0.25, 0.3) is 10.8 Å². The van der Waals surface area contributed by atoms with Crippen molar-refractivity contribution in [3.8, 4) is 29.6 Å². The zero-order valence-electron chi connectivity index (χ0n) is 27.9. The number of rotatable bonds is 10. The van der Waals surface area contributed by atoms with Gasteiger partial charge in [-0.3, -0.25) is 9.71 Å². The number of nitrogens with one attached hydrogen (secondary N) is 3. The highest BCUT2D eigenvalue weighted by Crippen LogP contribution is 2.40. The van der Waals surface area contributed by atoms with Gasteiger partial charge in [0, 0.05) is 40.7 Å². The predicted molar refractivity (Wildman–Crippen MR) is 194 cm³/mol. The number of hydrogen-bond acceptors (Lipinski definition) is 7. The van der Waals surface area contributed by atoms with Crippen molar-refractivity contribution in [2.45, 2.75) is 39.2 Å². The van der Waals surface area contributed by atoms with Crippen LogP contribution in [0.15, 0.2) is 85.1 Å². The van der Waals surface area contributed by atoms with Crippen molar-refractivity contribution in [2.75, 3.05) is 28.7 Å².